The summed E-state index contributed by atoms with van der Waals surface area (Å²) in [5.74, 6) is 0. The third-order valence-corrected chi connectivity index (χ3v) is 4.91. The van der Waals surface area contributed by atoms with Gasteiger partial charge in [0.25, 0.3) is 0 Å². The van der Waals surface area contributed by atoms with E-state index in [4.69, 9.17) is 11.6 Å². The highest BCUT2D eigenvalue weighted by Gasteiger charge is 2.12. The number of pyridine rings is 1. The Morgan fingerprint density at radius 2 is 1.32 bits per heavy atom. The molecule has 1 heterocycles. The quantitative estimate of drug-likeness (QED) is 0.591. The Kier molecular flexibility index (Phi) is 4.29. The molecule has 0 aliphatic heterocycles. The fourth-order valence-corrected chi connectivity index (χ4v) is 3.01. The zero-order valence-corrected chi connectivity index (χ0v) is 14.5. The van der Waals surface area contributed by atoms with E-state index in [1.807, 2.05) is 6.20 Å². The summed E-state index contributed by atoms with van der Waals surface area (Å²) in [5, 5.41) is 1.67. The van der Waals surface area contributed by atoms with Crippen LogP contribution in [0.2, 0.25) is 5.02 Å². The third-order valence-electron chi connectivity index (χ3n) is 3.74. The molecule has 1 unspecified atom stereocenters. The van der Waals surface area contributed by atoms with Crippen LogP contribution >= 0.6 is 20.8 Å². The number of nitrogens with zero attached hydrogens (tertiary/aromatic N) is 1. The van der Waals surface area contributed by atoms with Crippen molar-refractivity contribution in [2.24, 2.45) is 0 Å². The minimum absolute atomic E-state index is 0.687. The van der Waals surface area contributed by atoms with Crippen molar-refractivity contribution in [1.29, 1.82) is 0 Å². The van der Waals surface area contributed by atoms with Crippen LogP contribution in [0.5, 0.6) is 0 Å². The largest absolute Gasteiger partial charge is 0.254 e. The molecule has 0 saturated carbocycles. The first kappa shape index (κ1) is 15.2. The lowest BCUT2D eigenvalue weighted by Crippen LogP contribution is -2.03. The molecule has 0 N–H and O–H groups in total. The summed E-state index contributed by atoms with van der Waals surface area (Å²) in [5.41, 5.74) is 6.50. The van der Waals surface area contributed by atoms with E-state index in [1.54, 1.807) is 0 Å². The van der Waals surface area contributed by atoms with Gasteiger partial charge in [0, 0.05) is 17.3 Å². The molecular formula is C19H17ClNP. The Bertz CT molecular complexity index is 738. The molecule has 2 aromatic carbocycles. The number of aromatic nitrogens is 1. The molecule has 0 radical (unpaired) electrons. The van der Waals surface area contributed by atoms with Gasteiger partial charge in [-0.3, -0.25) is 4.98 Å². The van der Waals surface area contributed by atoms with Gasteiger partial charge in [0.05, 0.1) is 10.7 Å². The molecule has 0 amide bonds. The average Bonchev–Trinajstić information content (AvgIpc) is 2.52. The molecule has 0 aliphatic rings. The highest BCUT2D eigenvalue weighted by Crippen LogP contribution is 2.30. The summed E-state index contributed by atoms with van der Waals surface area (Å²) in [6.45, 7) is 4.15. The number of aryl methyl sites for hydroxylation is 2. The van der Waals surface area contributed by atoms with Gasteiger partial charge in [-0.1, -0.05) is 71.3 Å². The predicted molar refractivity (Wildman–Crippen MR) is 98.9 cm³/mol. The van der Waals surface area contributed by atoms with Crippen LogP contribution in [0.1, 0.15) is 11.1 Å². The molecule has 22 heavy (non-hydrogen) atoms. The lowest BCUT2D eigenvalue weighted by molar-refractivity contribution is 1.33. The summed E-state index contributed by atoms with van der Waals surface area (Å²) in [4.78, 5) is 4.59. The van der Waals surface area contributed by atoms with Crippen molar-refractivity contribution < 1.29 is 0 Å². The normalized spacial score (nSPS) is 10.7. The van der Waals surface area contributed by atoms with Crippen molar-refractivity contribution in [3.05, 3.63) is 70.9 Å². The Morgan fingerprint density at radius 3 is 1.86 bits per heavy atom. The first-order chi connectivity index (χ1) is 10.6. The number of halogens is 1. The Balaban J connectivity index is 2.08. The van der Waals surface area contributed by atoms with Crippen molar-refractivity contribution in [2.45, 2.75) is 13.8 Å². The van der Waals surface area contributed by atoms with Crippen LogP contribution in [0, 0.1) is 13.8 Å². The second-order valence-electron chi connectivity index (χ2n) is 5.48. The molecule has 0 spiro atoms. The molecular weight excluding hydrogens is 309 g/mol. The number of hydrogen-bond acceptors (Lipinski definition) is 1. The lowest BCUT2D eigenvalue weighted by Gasteiger charge is -2.12. The van der Waals surface area contributed by atoms with Gasteiger partial charge >= 0.3 is 0 Å². The second-order valence-corrected chi connectivity index (χ2v) is 6.44. The zero-order chi connectivity index (χ0) is 15.7. The van der Waals surface area contributed by atoms with Gasteiger partial charge in [-0.05, 0) is 24.7 Å². The van der Waals surface area contributed by atoms with Gasteiger partial charge in [-0.25, -0.2) is 0 Å². The van der Waals surface area contributed by atoms with Crippen LogP contribution in [0.25, 0.3) is 22.4 Å². The fraction of sp³-hybridized carbons (Fsp3) is 0.105. The predicted octanol–water partition coefficient (Wildman–Crippen LogP) is 5.19. The first-order valence-electron chi connectivity index (χ1n) is 7.14. The second kappa shape index (κ2) is 6.20. The summed E-state index contributed by atoms with van der Waals surface area (Å²) in [7, 11) is 2.75. The van der Waals surface area contributed by atoms with Gasteiger partial charge in [0.2, 0.25) is 0 Å². The summed E-state index contributed by atoms with van der Waals surface area (Å²) < 4.78 is 0. The molecule has 1 atom stereocenters. The molecule has 3 rings (SSSR count). The van der Waals surface area contributed by atoms with E-state index in [0.29, 0.717) is 5.02 Å². The highest BCUT2D eigenvalue weighted by atomic mass is 35.5. The molecule has 3 aromatic rings. The summed E-state index contributed by atoms with van der Waals surface area (Å²) in [6, 6.07) is 16.7. The number of benzene rings is 2. The fourth-order valence-electron chi connectivity index (χ4n) is 2.38. The van der Waals surface area contributed by atoms with Gasteiger partial charge in [-0.2, -0.15) is 0 Å². The maximum absolute atomic E-state index is 6.57. The van der Waals surface area contributed by atoms with E-state index >= 15 is 0 Å². The molecule has 1 aromatic heterocycles. The van der Waals surface area contributed by atoms with E-state index in [-0.39, 0.29) is 0 Å². The minimum atomic E-state index is 0.687. The lowest BCUT2D eigenvalue weighted by atomic mass is 10.0. The Morgan fingerprint density at radius 1 is 0.818 bits per heavy atom. The van der Waals surface area contributed by atoms with Crippen molar-refractivity contribution in [3.8, 4) is 22.4 Å². The maximum atomic E-state index is 6.57. The highest BCUT2D eigenvalue weighted by molar-refractivity contribution is 7.28. The topological polar surface area (TPSA) is 12.9 Å². The molecule has 0 saturated heterocycles. The van der Waals surface area contributed by atoms with Crippen LogP contribution in [0.4, 0.5) is 0 Å². The number of rotatable bonds is 2. The molecule has 0 aliphatic carbocycles. The SMILES string of the molecule is Cc1ccc(-c2cnc(-c3ccc(C)cc3)c(Cl)c2P)cc1. The average molecular weight is 326 g/mol. The van der Waals surface area contributed by atoms with Crippen molar-refractivity contribution >= 4 is 26.1 Å². The van der Waals surface area contributed by atoms with Crippen LogP contribution in [-0.2, 0) is 0 Å². The van der Waals surface area contributed by atoms with Gasteiger partial charge in [0.1, 0.15) is 0 Å². The van der Waals surface area contributed by atoms with E-state index in [9.17, 15) is 0 Å². The van der Waals surface area contributed by atoms with Gasteiger partial charge < -0.3 is 0 Å². The first-order valence-corrected chi connectivity index (χ1v) is 8.10. The third kappa shape index (κ3) is 2.92. The smallest absolute Gasteiger partial charge is 0.0894 e. The molecule has 3 heteroatoms. The maximum Gasteiger partial charge on any atom is 0.0894 e. The molecule has 110 valence electrons. The van der Waals surface area contributed by atoms with Crippen LogP contribution < -0.4 is 5.30 Å². The van der Waals surface area contributed by atoms with E-state index in [0.717, 1.165) is 27.7 Å². The van der Waals surface area contributed by atoms with Crippen LogP contribution in [0.3, 0.4) is 0 Å². The Hall–Kier alpha value is -1.69. The molecule has 1 nitrogen and oxygen atoms in total. The Labute approximate surface area is 138 Å². The van der Waals surface area contributed by atoms with Crippen molar-refractivity contribution in [1.82, 2.24) is 4.98 Å². The van der Waals surface area contributed by atoms with E-state index in [1.165, 1.54) is 11.1 Å². The summed E-state index contributed by atoms with van der Waals surface area (Å²) in [6.07, 6.45) is 1.90. The van der Waals surface area contributed by atoms with Gasteiger partial charge in [-0.15, -0.1) is 9.24 Å². The molecule has 0 fully saturated rings. The van der Waals surface area contributed by atoms with Crippen LogP contribution in [-0.4, -0.2) is 4.98 Å². The van der Waals surface area contributed by atoms with Crippen LogP contribution in [0.15, 0.2) is 54.7 Å². The van der Waals surface area contributed by atoms with E-state index in [2.05, 4.69) is 76.6 Å². The standard InChI is InChI=1S/C19H17ClNP/c1-12-3-7-14(8-4-12)16-11-21-18(17(20)19(16)22)15-9-5-13(2)6-10-15/h3-11H,22H2,1-2H3. The number of hydrogen-bond donors (Lipinski definition) is 0. The molecule has 0 bridgehead atoms. The summed E-state index contributed by atoms with van der Waals surface area (Å²) >= 11 is 6.57. The zero-order valence-electron chi connectivity index (χ0n) is 12.6. The monoisotopic (exact) mass is 325 g/mol. The van der Waals surface area contributed by atoms with E-state index < -0.39 is 0 Å². The van der Waals surface area contributed by atoms with Gasteiger partial charge in [0.15, 0.2) is 0 Å². The van der Waals surface area contributed by atoms with Crippen molar-refractivity contribution in [2.75, 3.05) is 0 Å². The minimum Gasteiger partial charge on any atom is -0.254 e. The van der Waals surface area contributed by atoms with Crippen molar-refractivity contribution in [3.63, 3.8) is 0 Å².